The number of benzene rings is 1. The van der Waals surface area contributed by atoms with Crippen molar-refractivity contribution in [1.82, 2.24) is 9.78 Å². The van der Waals surface area contributed by atoms with Gasteiger partial charge >= 0.3 is 6.18 Å². The number of carboxylic acid groups (broad SMARTS) is 1. The van der Waals surface area contributed by atoms with Crippen molar-refractivity contribution in [2.75, 3.05) is 11.4 Å². The Kier molecular flexibility index (Phi) is 3.12. The van der Waals surface area contributed by atoms with Gasteiger partial charge < -0.3 is 14.8 Å². The van der Waals surface area contributed by atoms with Crippen molar-refractivity contribution in [3.63, 3.8) is 0 Å². The van der Waals surface area contributed by atoms with Gasteiger partial charge in [-0.25, -0.2) is 0 Å². The summed E-state index contributed by atoms with van der Waals surface area (Å²) in [4.78, 5) is 12.0. The molecule has 0 aliphatic carbocycles. The van der Waals surface area contributed by atoms with E-state index >= 15 is 0 Å². The van der Waals surface area contributed by atoms with Crippen LogP contribution in [-0.4, -0.2) is 22.4 Å². The predicted octanol–water partition coefficient (Wildman–Crippen LogP) is 1.81. The molecule has 0 N–H and O–H groups in total. The number of carbonyl (C=O) groups is 1. The highest BCUT2D eigenvalue weighted by Gasteiger charge is 2.37. The smallest absolute Gasteiger partial charge is 0.435 e. The summed E-state index contributed by atoms with van der Waals surface area (Å²) >= 11 is 0. The molecule has 0 radical (unpaired) electrons. The van der Waals surface area contributed by atoms with Crippen molar-refractivity contribution < 1.29 is 23.1 Å². The van der Waals surface area contributed by atoms with Crippen LogP contribution >= 0.6 is 0 Å². The predicted molar refractivity (Wildman–Crippen MR) is 70.1 cm³/mol. The van der Waals surface area contributed by atoms with Crippen molar-refractivity contribution in [3.05, 3.63) is 35.7 Å². The van der Waals surface area contributed by atoms with Crippen molar-refractivity contribution >= 4 is 11.8 Å². The summed E-state index contributed by atoms with van der Waals surface area (Å²) in [7, 11) is 1.42. The van der Waals surface area contributed by atoms with E-state index in [-0.39, 0.29) is 12.1 Å². The summed E-state index contributed by atoms with van der Waals surface area (Å²) in [5.74, 6) is 0. The summed E-state index contributed by atoms with van der Waals surface area (Å²) in [6.07, 6.45) is -4.12. The molecule has 1 aliphatic rings. The zero-order valence-electron chi connectivity index (χ0n) is 11.5. The van der Waals surface area contributed by atoms with E-state index in [4.69, 9.17) is 0 Å². The van der Waals surface area contributed by atoms with Crippen LogP contribution in [0.25, 0.3) is 11.1 Å². The van der Waals surface area contributed by atoms with E-state index in [2.05, 4.69) is 5.10 Å². The van der Waals surface area contributed by atoms with Gasteiger partial charge in [-0.05, 0) is 29.7 Å². The average molecular weight is 310 g/mol. The molecule has 0 saturated heterocycles. The quantitative estimate of drug-likeness (QED) is 0.807. The van der Waals surface area contributed by atoms with Gasteiger partial charge in [0.25, 0.3) is 0 Å². The Morgan fingerprint density at radius 2 is 2.09 bits per heavy atom. The van der Waals surface area contributed by atoms with Crippen LogP contribution in [0, 0.1) is 0 Å². The van der Waals surface area contributed by atoms with Crippen molar-refractivity contribution in [3.8, 4) is 11.1 Å². The topological polar surface area (TPSA) is 61.2 Å². The molecule has 3 rings (SSSR count). The molecular weight excluding hydrogens is 299 g/mol. The summed E-state index contributed by atoms with van der Waals surface area (Å²) < 4.78 is 40.2. The third kappa shape index (κ3) is 2.30. The SMILES string of the molecule is Cn1cc(-c2ccc3c(c2)CCN3C(=O)[O-])c(C(F)(F)F)n1. The van der Waals surface area contributed by atoms with Crippen LogP contribution in [0.3, 0.4) is 0 Å². The van der Waals surface area contributed by atoms with Crippen molar-refractivity contribution in [2.24, 2.45) is 7.05 Å². The number of aryl methyl sites for hydroxylation is 1. The summed E-state index contributed by atoms with van der Waals surface area (Å²) in [5, 5.41) is 14.4. The van der Waals surface area contributed by atoms with Gasteiger partial charge in [-0.1, -0.05) is 6.07 Å². The molecular formula is C14H11F3N3O2-. The average Bonchev–Trinajstić information content (AvgIpc) is 3.00. The number of hydrogen-bond donors (Lipinski definition) is 0. The number of alkyl halides is 3. The van der Waals surface area contributed by atoms with Crippen LogP contribution in [0.1, 0.15) is 11.3 Å². The molecule has 2 aromatic rings. The van der Waals surface area contributed by atoms with Crippen LogP contribution in [0.4, 0.5) is 23.7 Å². The minimum absolute atomic E-state index is 0.0234. The lowest BCUT2D eigenvalue weighted by atomic mass is 10.0. The van der Waals surface area contributed by atoms with Crippen LogP contribution in [0.2, 0.25) is 0 Å². The first-order valence-corrected chi connectivity index (χ1v) is 6.50. The maximum atomic E-state index is 13.0. The molecule has 0 unspecified atom stereocenters. The molecule has 5 nitrogen and oxygen atoms in total. The third-order valence-corrected chi connectivity index (χ3v) is 3.60. The fourth-order valence-corrected chi connectivity index (χ4v) is 2.67. The second kappa shape index (κ2) is 4.75. The highest BCUT2D eigenvalue weighted by atomic mass is 19.4. The van der Waals surface area contributed by atoms with Gasteiger partial charge in [-0.2, -0.15) is 18.3 Å². The monoisotopic (exact) mass is 310 g/mol. The number of carbonyl (C=O) groups excluding carboxylic acids is 1. The zero-order valence-corrected chi connectivity index (χ0v) is 11.5. The van der Waals surface area contributed by atoms with Crippen LogP contribution in [-0.2, 0) is 19.6 Å². The second-order valence-corrected chi connectivity index (χ2v) is 5.07. The molecule has 116 valence electrons. The standard InChI is InChI=1S/C14H12F3N3O2/c1-19-7-10(12(18-19)14(15,16)17)8-2-3-11-9(6-8)4-5-20(11)13(21)22/h2-3,6-7H,4-5H2,1H3,(H,21,22)/p-1. The normalized spacial score (nSPS) is 14.3. The first-order valence-electron chi connectivity index (χ1n) is 6.50. The van der Waals surface area contributed by atoms with Crippen molar-refractivity contribution in [1.29, 1.82) is 0 Å². The number of nitrogens with zero attached hydrogens (tertiary/aromatic N) is 3. The Morgan fingerprint density at radius 3 is 2.73 bits per heavy atom. The Balaban J connectivity index is 2.07. The van der Waals surface area contributed by atoms with E-state index in [0.717, 1.165) is 9.58 Å². The van der Waals surface area contributed by atoms with Gasteiger partial charge in [-0.3, -0.25) is 4.68 Å². The van der Waals surface area contributed by atoms with E-state index in [9.17, 15) is 23.1 Å². The lowest BCUT2D eigenvalue weighted by molar-refractivity contribution is -0.246. The van der Waals surface area contributed by atoms with Gasteiger partial charge in [0.15, 0.2) is 5.69 Å². The van der Waals surface area contributed by atoms with Crippen LogP contribution < -0.4 is 10.0 Å². The fourth-order valence-electron chi connectivity index (χ4n) is 2.67. The molecule has 0 bridgehead atoms. The maximum absolute atomic E-state index is 13.0. The number of aromatic nitrogens is 2. The number of hydrogen-bond acceptors (Lipinski definition) is 3. The molecule has 8 heteroatoms. The summed E-state index contributed by atoms with van der Waals surface area (Å²) in [6.45, 7) is 0.250. The number of rotatable bonds is 1. The summed E-state index contributed by atoms with van der Waals surface area (Å²) in [6, 6.07) is 4.54. The van der Waals surface area contributed by atoms with Gasteiger partial charge in [0.05, 0.1) is 0 Å². The van der Waals surface area contributed by atoms with Gasteiger partial charge in [0, 0.05) is 31.0 Å². The first kappa shape index (κ1) is 14.4. The fraction of sp³-hybridized carbons (Fsp3) is 0.286. The molecule has 1 amide bonds. The number of amides is 1. The van der Waals surface area contributed by atoms with E-state index < -0.39 is 18.0 Å². The summed E-state index contributed by atoms with van der Waals surface area (Å²) in [5.41, 5.74) is 0.522. The number of fused-ring (bicyclic) bond motifs is 1. The highest BCUT2D eigenvalue weighted by molar-refractivity contribution is 5.88. The molecule has 1 aromatic heterocycles. The molecule has 0 atom stereocenters. The first-order chi connectivity index (χ1) is 10.3. The minimum Gasteiger partial charge on any atom is -0.530 e. The van der Waals surface area contributed by atoms with E-state index in [0.29, 0.717) is 23.2 Å². The second-order valence-electron chi connectivity index (χ2n) is 5.07. The van der Waals surface area contributed by atoms with Gasteiger partial charge in [0.2, 0.25) is 0 Å². The molecule has 2 heterocycles. The Morgan fingerprint density at radius 1 is 1.36 bits per heavy atom. The molecule has 0 saturated carbocycles. The zero-order chi connectivity index (χ0) is 16.1. The largest absolute Gasteiger partial charge is 0.530 e. The maximum Gasteiger partial charge on any atom is 0.435 e. The van der Waals surface area contributed by atoms with Crippen LogP contribution in [0.15, 0.2) is 24.4 Å². The van der Waals surface area contributed by atoms with Gasteiger partial charge in [0.1, 0.15) is 6.09 Å². The number of anilines is 1. The molecule has 1 aromatic carbocycles. The molecule has 0 fully saturated rings. The third-order valence-electron chi connectivity index (χ3n) is 3.60. The van der Waals surface area contributed by atoms with Crippen LogP contribution in [0.5, 0.6) is 0 Å². The van der Waals surface area contributed by atoms with E-state index in [1.807, 2.05) is 0 Å². The molecule has 1 aliphatic heterocycles. The number of halogens is 3. The van der Waals surface area contributed by atoms with E-state index in [1.54, 1.807) is 6.07 Å². The Bertz CT molecular complexity index is 752. The molecule has 0 spiro atoms. The van der Waals surface area contributed by atoms with Gasteiger partial charge in [-0.15, -0.1) is 0 Å². The Hall–Kier alpha value is -2.51. The molecule has 22 heavy (non-hydrogen) atoms. The highest BCUT2D eigenvalue weighted by Crippen LogP contribution is 2.38. The van der Waals surface area contributed by atoms with Crippen molar-refractivity contribution in [2.45, 2.75) is 12.6 Å². The van der Waals surface area contributed by atoms with E-state index in [1.165, 1.54) is 25.4 Å². The minimum atomic E-state index is -4.55. The lowest BCUT2D eigenvalue weighted by Crippen LogP contribution is -2.40. The Labute approximate surface area is 123 Å². The lowest BCUT2D eigenvalue weighted by Gasteiger charge is -2.19.